The third kappa shape index (κ3) is 4.49. The first-order valence-corrected chi connectivity index (χ1v) is 6.47. The average Bonchev–Trinajstić information content (AvgIpc) is 3.01. The van der Waals surface area contributed by atoms with Crippen molar-refractivity contribution in [2.24, 2.45) is 5.92 Å². The summed E-state index contributed by atoms with van der Waals surface area (Å²) in [7, 11) is 2.24. The first kappa shape index (κ1) is 11.4. The molecule has 1 saturated heterocycles. The zero-order chi connectivity index (χ0) is 10.5. The lowest BCUT2D eigenvalue weighted by Crippen LogP contribution is -2.39. The van der Waals surface area contributed by atoms with Crippen molar-refractivity contribution < 1.29 is 0 Å². The lowest BCUT2D eigenvalue weighted by molar-refractivity contribution is 0.206. The van der Waals surface area contributed by atoms with E-state index in [4.69, 9.17) is 0 Å². The van der Waals surface area contributed by atoms with Crippen molar-refractivity contribution in [1.29, 1.82) is 0 Å². The molecule has 1 aliphatic carbocycles. The highest BCUT2D eigenvalue weighted by atomic mass is 15.1. The molecule has 2 rings (SSSR count). The highest BCUT2D eigenvalue weighted by molar-refractivity contribution is 4.81. The van der Waals surface area contributed by atoms with Gasteiger partial charge in [0.15, 0.2) is 0 Å². The number of likely N-dealkylation sites (tertiary alicyclic amines) is 1. The lowest BCUT2D eigenvalue weighted by Gasteiger charge is -2.29. The Labute approximate surface area is 93.6 Å². The van der Waals surface area contributed by atoms with Crippen molar-refractivity contribution in [2.75, 3.05) is 39.8 Å². The number of rotatable bonds is 6. The largest absolute Gasteiger partial charge is 0.315 e. The van der Waals surface area contributed by atoms with Crippen LogP contribution in [-0.4, -0.2) is 50.7 Å². The van der Waals surface area contributed by atoms with Gasteiger partial charge in [0.1, 0.15) is 0 Å². The molecule has 0 radical (unpaired) electrons. The minimum atomic E-state index is 0.854. The van der Waals surface area contributed by atoms with Gasteiger partial charge in [-0.1, -0.05) is 0 Å². The maximum absolute atomic E-state index is 3.57. The van der Waals surface area contributed by atoms with E-state index in [1.807, 2.05) is 0 Å². The van der Waals surface area contributed by atoms with Crippen molar-refractivity contribution in [1.82, 2.24) is 15.5 Å². The molecule has 0 aromatic heterocycles. The molecule has 0 amide bonds. The highest BCUT2D eigenvalue weighted by Gasteiger charge is 2.19. The molecular weight excluding hydrogens is 186 g/mol. The predicted molar refractivity (Wildman–Crippen MR) is 64.1 cm³/mol. The van der Waals surface area contributed by atoms with Gasteiger partial charge in [-0.25, -0.2) is 0 Å². The summed E-state index contributed by atoms with van der Waals surface area (Å²) < 4.78 is 0. The van der Waals surface area contributed by atoms with E-state index in [0.717, 1.165) is 25.0 Å². The average molecular weight is 211 g/mol. The summed E-state index contributed by atoms with van der Waals surface area (Å²) >= 11 is 0. The first-order chi connectivity index (χ1) is 7.34. The Morgan fingerprint density at radius 2 is 2.07 bits per heavy atom. The first-order valence-electron chi connectivity index (χ1n) is 6.47. The molecule has 15 heavy (non-hydrogen) atoms. The molecule has 1 aliphatic heterocycles. The number of piperidine rings is 1. The monoisotopic (exact) mass is 211 g/mol. The van der Waals surface area contributed by atoms with Gasteiger partial charge >= 0.3 is 0 Å². The molecule has 88 valence electrons. The zero-order valence-corrected chi connectivity index (χ0v) is 9.97. The fourth-order valence-electron chi connectivity index (χ4n) is 2.40. The van der Waals surface area contributed by atoms with Gasteiger partial charge in [-0.05, 0) is 51.7 Å². The number of hydrogen-bond donors (Lipinski definition) is 2. The Balaban J connectivity index is 1.45. The Morgan fingerprint density at radius 3 is 2.80 bits per heavy atom. The quantitative estimate of drug-likeness (QED) is 0.632. The lowest BCUT2D eigenvalue weighted by atomic mass is 9.98. The molecule has 1 heterocycles. The van der Waals surface area contributed by atoms with Crippen LogP contribution in [0.3, 0.4) is 0 Å². The standard InChI is InChI=1S/C12H25N3/c1-15-8-2-3-11(10-15)9-13-6-7-14-12-4-5-12/h11-14H,2-10H2,1H3. The maximum atomic E-state index is 3.57. The van der Waals surface area contributed by atoms with Crippen molar-refractivity contribution in [2.45, 2.75) is 31.7 Å². The molecule has 2 N–H and O–H groups in total. The van der Waals surface area contributed by atoms with E-state index in [1.54, 1.807) is 0 Å². The number of hydrogen-bond acceptors (Lipinski definition) is 3. The summed E-state index contributed by atoms with van der Waals surface area (Å²) in [5, 5.41) is 7.10. The second-order valence-corrected chi connectivity index (χ2v) is 5.20. The maximum Gasteiger partial charge on any atom is 0.00793 e. The summed E-state index contributed by atoms with van der Waals surface area (Å²) in [4.78, 5) is 2.46. The van der Waals surface area contributed by atoms with E-state index in [9.17, 15) is 0 Å². The Morgan fingerprint density at radius 1 is 1.20 bits per heavy atom. The molecule has 2 fully saturated rings. The molecule has 1 saturated carbocycles. The van der Waals surface area contributed by atoms with E-state index in [2.05, 4.69) is 22.6 Å². The van der Waals surface area contributed by atoms with Gasteiger partial charge in [0.25, 0.3) is 0 Å². The molecule has 0 aromatic carbocycles. The van der Waals surface area contributed by atoms with Crippen LogP contribution in [-0.2, 0) is 0 Å². The van der Waals surface area contributed by atoms with Crippen LogP contribution in [0.15, 0.2) is 0 Å². The van der Waals surface area contributed by atoms with E-state index in [0.29, 0.717) is 0 Å². The molecule has 0 spiro atoms. The SMILES string of the molecule is CN1CCCC(CNCCNC2CC2)C1. The molecule has 1 atom stereocenters. The normalized spacial score (nSPS) is 28.2. The predicted octanol–water partition coefficient (Wildman–Crippen LogP) is 0.670. The topological polar surface area (TPSA) is 27.3 Å². The van der Waals surface area contributed by atoms with Crippen molar-refractivity contribution in [3.8, 4) is 0 Å². The minimum absolute atomic E-state index is 0.854. The van der Waals surface area contributed by atoms with E-state index < -0.39 is 0 Å². The fourth-order valence-corrected chi connectivity index (χ4v) is 2.40. The van der Waals surface area contributed by atoms with E-state index >= 15 is 0 Å². The van der Waals surface area contributed by atoms with Gasteiger partial charge in [0, 0.05) is 25.7 Å². The summed E-state index contributed by atoms with van der Waals surface area (Å²) in [6.45, 7) is 6.06. The summed E-state index contributed by atoms with van der Waals surface area (Å²) in [6, 6.07) is 0.854. The van der Waals surface area contributed by atoms with E-state index in [-0.39, 0.29) is 0 Å². The third-order valence-corrected chi connectivity index (χ3v) is 3.47. The Hall–Kier alpha value is -0.120. The number of nitrogens with zero attached hydrogens (tertiary/aromatic N) is 1. The molecular formula is C12H25N3. The molecule has 3 nitrogen and oxygen atoms in total. The fraction of sp³-hybridized carbons (Fsp3) is 1.00. The van der Waals surface area contributed by atoms with Crippen LogP contribution in [0.2, 0.25) is 0 Å². The van der Waals surface area contributed by atoms with Crippen molar-refractivity contribution >= 4 is 0 Å². The highest BCUT2D eigenvalue weighted by Crippen LogP contribution is 2.17. The third-order valence-electron chi connectivity index (χ3n) is 3.47. The summed E-state index contributed by atoms with van der Waals surface area (Å²) in [5.41, 5.74) is 0. The van der Waals surface area contributed by atoms with Crippen LogP contribution in [0.5, 0.6) is 0 Å². The van der Waals surface area contributed by atoms with Crippen LogP contribution >= 0.6 is 0 Å². The van der Waals surface area contributed by atoms with Crippen LogP contribution in [0.4, 0.5) is 0 Å². The number of nitrogens with one attached hydrogen (secondary N) is 2. The van der Waals surface area contributed by atoms with Gasteiger partial charge in [-0.15, -0.1) is 0 Å². The van der Waals surface area contributed by atoms with E-state index in [1.165, 1.54) is 45.3 Å². The summed E-state index contributed by atoms with van der Waals surface area (Å²) in [5.74, 6) is 0.879. The molecule has 3 heteroatoms. The second-order valence-electron chi connectivity index (χ2n) is 5.20. The van der Waals surface area contributed by atoms with Gasteiger partial charge in [-0.2, -0.15) is 0 Å². The van der Waals surface area contributed by atoms with Crippen LogP contribution in [0.25, 0.3) is 0 Å². The molecule has 0 aromatic rings. The minimum Gasteiger partial charge on any atom is -0.315 e. The van der Waals surface area contributed by atoms with Crippen LogP contribution in [0, 0.1) is 5.92 Å². The van der Waals surface area contributed by atoms with Gasteiger partial charge in [0.2, 0.25) is 0 Å². The van der Waals surface area contributed by atoms with Crippen molar-refractivity contribution in [3.63, 3.8) is 0 Å². The second kappa shape index (κ2) is 5.83. The van der Waals surface area contributed by atoms with Gasteiger partial charge in [0.05, 0.1) is 0 Å². The molecule has 1 unspecified atom stereocenters. The Bertz CT molecular complexity index is 180. The van der Waals surface area contributed by atoms with Gasteiger partial charge in [-0.3, -0.25) is 0 Å². The summed E-state index contributed by atoms with van der Waals surface area (Å²) in [6.07, 6.45) is 5.58. The van der Waals surface area contributed by atoms with Crippen LogP contribution in [0.1, 0.15) is 25.7 Å². The van der Waals surface area contributed by atoms with Gasteiger partial charge < -0.3 is 15.5 Å². The zero-order valence-electron chi connectivity index (χ0n) is 9.97. The van der Waals surface area contributed by atoms with Crippen LogP contribution < -0.4 is 10.6 Å². The Kier molecular flexibility index (Phi) is 4.42. The van der Waals surface area contributed by atoms with Crippen molar-refractivity contribution in [3.05, 3.63) is 0 Å². The molecule has 0 bridgehead atoms. The molecule has 2 aliphatic rings. The smallest absolute Gasteiger partial charge is 0.00793 e.